The van der Waals surface area contributed by atoms with Gasteiger partial charge in [-0.25, -0.2) is 5.01 Å². The van der Waals surface area contributed by atoms with Crippen LogP contribution >= 0.6 is 24.0 Å². The van der Waals surface area contributed by atoms with Crippen molar-refractivity contribution in [3.05, 3.63) is 64.7 Å². The van der Waals surface area contributed by atoms with Crippen LogP contribution in [0, 0.1) is 10.1 Å². The second-order valence-electron chi connectivity index (χ2n) is 4.88. The van der Waals surface area contributed by atoms with Crippen LogP contribution in [0.2, 0.25) is 0 Å². The average Bonchev–Trinajstić information content (AvgIpc) is 2.89. The highest BCUT2D eigenvalue weighted by molar-refractivity contribution is 8.24. The fourth-order valence-electron chi connectivity index (χ4n) is 1.97. The standard InChI is InChI=1S/C15H11N5O3S2/c21-14-13(17-16-10-6-8-12(9-7-10)20(22)23)25-15(24)19(14)18-11-4-2-1-3-5-11/h1-9,13,18H. The number of thioether (sulfide) groups is 1. The van der Waals surface area contributed by atoms with E-state index in [0.717, 1.165) is 17.4 Å². The van der Waals surface area contributed by atoms with Crippen molar-refractivity contribution in [2.75, 3.05) is 5.43 Å². The maximum atomic E-state index is 12.4. The molecule has 1 saturated heterocycles. The van der Waals surface area contributed by atoms with Crippen molar-refractivity contribution in [3.8, 4) is 0 Å². The Labute approximate surface area is 152 Å². The van der Waals surface area contributed by atoms with Crippen LogP contribution in [-0.4, -0.2) is 25.5 Å². The molecular weight excluding hydrogens is 362 g/mol. The predicted molar refractivity (Wildman–Crippen MR) is 98.5 cm³/mol. The molecule has 1 aliphatic heterocycles. The summed E-state index contributed by atoms with van der Waals surface area (Å²) in [4.78, 5) is 22.5. The molecule has 1 heterocycles. The van der Waals surface area contributed by atoms with E-state index in [4.69, 9.17) is 12.2 Å². The van der Waals surface area contributed by atoms with Gasteiger partial charge in [-0.1, -0.05) is 42.2 Å². The van der Waals surface area contributed by atoms with Crippen molar-refractivity contribution in [2.45, 2.75) is 5.37 Å². The maximum Gasteiger partial charge on any atom is 0.284 e. The summed E-state index contributed by atoms with van der Waals surface area (Å²) in [5.74, 6) is -0.329. The van der Waals surface area contributed by atoms with Gasteiger partial charge in [-0.05, 0) is 24.3 Å². The molecule has 1 unspecified atom stereocenters. The van der Waals surface area contributed by atoms with Crippen molar-refractivity contribution >= 4 is 51.3 Å². The number of azo groups is 1. The molecule has 126 valence electrons. The molecule has 1 amide bonds. The van der Waals surface area contributed by atoms with Gasteiger partial charge < -0.3 is 0 Å². The van der Waals surface area contributed by atoms with Crippen molar-refractivity contribution in [1.82, 2.24) is 5.01 Å². The predicted octanol–water partition coefficient (Wildman–Crippen LogP) is 3.89. The van der Waals surface area contributed by atoms with Crippen LogP contribution in [0.4, 0.5) is 17.1 Å². The fourth-order valence-corrected chi connectivity index (χ4v) is 3.12. The maximum absolute atomic E-state index is 12.4. The molecule has 1 aliphatic rings. The minimum Gasteiger partial charge on any atom is -0.290 e. The molecule has 0 saturated carbocycles. The molecule has 2 aromatic rings. The Hall–Kier alpha value is -2.85. The third-order valence-corrected chi connectivity index (χ3v) is 4.55. The van der Waals surface area contributed by atoms with Crippen LogP contribution in [-0.2, 0) is 4.79 Å². The number of thiocarbonyl (C=S) groups is 1. The first-order chi connectivity index (χ1) is 12.0. The van der Waals surface area contributed by atoms with Gasteiger partial charge in [-0.15, -0.1) is 0 Å². The zero-order valence-corrected chi connectivity index (χ0v) is 14.2. The molecule has 1 atom stereocenters. The van der Waals surface area contributed by atoms with E-state index < -0.39 is 10.3 Å². The van der Waals surface area contributed by atoms with Gasteiger partial charge in [0.05, 0.1) is 16.3 Å². The van der Waals surface area contributed by atoms with Crippen molar-refractivity contribution in [3.63, 3.8) is 0 Å². The van der Waals surface area contributed by atoms with E-state index in [1.807, 2.05) is 30.3 Å². The molecule has 8 nitrogen and oxygen atoms in total. The molecule has 0 aromatic heterocycles. The fraction of sp³-hybridized carbons (Fsp3) is 0.0667. The molecule has 10 heteroatoms. The van der Waals surface area contributed by atoms with E-state index in [2.05, 4.69) is 15.7 Å². The zero-order chi connectivity index (χ0) is 17.8. The van der Waals surface area contributed by atoms with E-state index in [0.29, 0.717) is 10.0 Å². The highest BCUT2D eigenvalue weighted by Crippen LogP contribution is 2.30. The van der Waals surface area contributed by atoms with Gasteiger partial charge in [0.15, 0.2) is 4.32 Å². The van der Waals surface area contributed by atoms with E-state index >= 15 is 0 Å². The lowest BCUT2D eigenvalue weighted by molar-refractivity contribution is -0.384. The number of hydrazine groups is 1. The number of rotatable bonds is 5. The summed E-state index contributed by atoms with van der Waals surface area (Å²) in [5.41, 5.74) is 4.04. The Balaban J connectivity index is 1.68. The quantitative estimate of drug-likeness (QED) is 0.369. The zero-order valence-electron chi connectivity index (χ0n) is 12.6. The normalized spacial score (nSPS) is 17.3. The van der Waals surface area contributed by atoms with Gasteiger partial charge >= 0.3 is 0 Å². The van der Waals surface area contributed by atoms with Gasteiger partial charge in [0.25, 0.3) is 11.6 Å². The number of anilines is 1. The molecule has 0 bridgehead atoms. The van der Waals surface area contributed by atoms with Gasteiger partial charge in [-0.3, -0.25) is 20.3 Å². The van der Waals surface area contributed by atoms with E-state index in [-0.39, 0.29) is 11.6 Å². The van der Waals surface area contributed by atoms with E-state index in [9.17, 15) is 14.9 Å². The smallest absolute Gasteiger partial charge is 0.284 e. The Morgan fingerprint density at radius 3 is 2.48 bits per heavy atom. The monoisotopic (exact) mass is 373 g/mol. The highest BCUT2D eigenvalue weighted by atomic mass is 32.2. The number of hydrogen-bond donors (Lipinski definition) is 1. The summed E-state index contributed by atoms with van der Waals surface area (Å²) in [6, 6.07) is 14.7. The van der Waals surface area contributed by atoms with Gasteiger partial charge in [0.2, 0.25) is 5.37 Å². The first kappa shape index (κ1) is 17.0. The highest BCUT2D eigenvalue weighted by Gasteiger charge is 2.37. The third kappa shape index (κ3) is 3.98. The molecule has 1 N–H and O–H groups in total. The van der Waals surface area contributed by atoms with Crippen LogP contribution in [0.1, 0.15) is 0 Å². The minimum absolute atomic E-state index is 0.0373. The average molecular weight is 373 g/mol. The molecule has 0 radical (unpaired) electrons. The molecule has 3 rings (SSSR count). The van der Waals surface area contributed by atoms with Gasteiger partial charge in [0.1, 0.15) is 0 Å². The number of carbonyl (C=O) groups excluding carboxylic acids is 1. The Kier molecular flexibility index (Phi) is 5.00. The topological polar surface area (TPSA) is 100 Å². The number of nitrogens with one attached hydrogen (secondary N) is 1. The van der Waals surface area contributed by atoms with Gasteiger partial charge in [0, 0.05) is 12.1 Å². The lowest BCUT2D eigenvalue weighted by Crippen LogP contribution is -2.35. The summed E-state index contributed by atoms with van der Waals surface area (Å²) < 4.78 is 0.349. The number of benzene rings is 2. The summed E-state index contributed by atoms with van der Waals surface area (Å²) in [5, 5.41) is 19.0. The SMILES string of the molecule is O=C1C(N=Nc2ccc([N+](=O)[O-])cc2)SC(=S)N1Nc1ccccc1. The Morgan fingerprint density at radius 1 is 1.16 bits per heavy atom. The summed E-state index contributed by atoms with van der Waals surface area (Å²) in [7, 11) is 0. The van der Waals surface area contributed by atoms with Crippen molar-refractivity contribution in [1.29, 1.82) is 0 Å². The number of nitro benzene ring substituents is 1. The molecule has 1 fully saturated rings. The van der Waals surface area contributed by atoms with Crippen molar-refractivity contribution in [2.24, 2.45) is 10.2 Å². The largest absolute Gasteiger partial charge is 0.290 e. The Morgan fingerprint density at radius 2 is 1.84 bits per heavy atom. The van der Waals surface area contributed by atoms with E-state index in [1.54, 1.807) is 0 Å². The molecule has 2 aromatic carbocycles. The first-order valence-corrected chi connectivity index (χ1v) is 8.35. The molecule has 0 spiro atoms. The second kappa shape index (κ2) is 7.36. The molecular formula is C15H11N5O3S2. The number of para-hydroxylation sites is 1. The number of nitrogens with zero attached hydrogens (tertiary/aromatic N) is 4. The van der Waals surface area contributed by atoms with Crippen LogP contribution in [0.15, 0.2) is 64.8 Å². The van der Waals surface area contributed by atoms with Crippen LogP contribution < -0.4 is 5.43 Å². The molecule has 25 heavy (non-hydrogen) atoms. The van der Waals surface area contributed by atoms with Crippen molar-refractivity contribution < 1.29 is 9.72 Å². The summed E-state index contributed by atoms with van der Waals surface area (Å²) in [6.45, 7) is 0. The van der Waals surface area contributed by atoms with Crippen LogP contribution in [0.5, 0.6) is 0 Å². The summed E-state index contributed by atoms with van der Waals surface area (Å²) >= 11 is 6.30. The number of hydrogen-bond acceptors (Lipinski definition) is 8. The van der Waals surface area contributed by atoms with Crippen LogP contribution in [0.3, 0.4) is 0 Å². The third-order valence-electron chi connectivity index (χ3n) is 3.18. The van der Waals surface area contributed by atoms with Crippen LogP contribution in [0.25, 0.3) is 0 Å². The number of amides is 1. The number of non-ortho nitro benzene ring substituents is 1. The summed E-state index contributed by atoms with van der Waals surface area (Å²) in [6.07, 6.45) is 0. The van der Waals surface area contributed by atoms with Gasteiger partial charge in [-0.2, -0.15) is 10.2 Å². The van der Waals surface area contributed by atoms with E-state index in [1.165, 1.54) is 29.3 Å². The minimum atomic E-state index is -0.793. The first-order valence-electron chi connectivity index (χ1n) is 7.06. The lowest BCUT2D eigenvalue weighted by Gasteiger charge is -2.17. The Bertz CT molecular complexity index is 842. The molecule has 0 aliphatic carbocycles. The lowest BCUT2D eigenvalue weighted by atomic mass is 10.3. The second-order valence-corrected chi connectivity index (χ2v) is 6.59. The number of nitro groups is 1. The number of carbonyl (C=O) groups is 1.